The first-order valence-corrected chi connectivity index (χ1v) is 18.1. The molecule has 4 aliphatic heterocycles. The lowest BCUT2D eigenvalue weighted by molar-refractivity contribution is -0.136. The molecular weight excluding hydrogens is 655 g/mol. The number of alkyl halides is 2. The molecule has 3 saturated heterocycles. The molecule has 0 unspecified atom stereocenters. The maximum absolute atomic E-state index is 14.4. The summed E-state index contributed by atoms with van der Waals surface area (Å²) in [5, 5.41) is 6.75. The number of hydrogen-bond acceptors (Lipinski definition) is 5. The molecular formula is C35H36F2N5O6P. The van der Waals surface area contributed by atoms with Gasteiger partial charge in [-0.15, -0.1) is 0 Å². The third-order valence-electron chi connectivity index (χ3n) is 10.8. The fourth-order valence-electron chi connectivity index (χ4n) is 8.22. The van der Waals surface area contributed by atoms with E-state index >= 15 is 0 Å². The SMILES string of the molecule is [C-]#[N+][C@@H]1CN(C(=O)[C@@H]2CC[C@@H]3CCCC[C@H](NC(=O)c4ccc5ccc(C(F)(F)P(=O)(O)O)cc5c4)CN32)C[C@]12C(=O)Nc1ccccc12. The molecule has 49 heavy (non-hydrogen) atoms. The standard InChI is InChI=1S/C35H36F2N5O6P/c1-38-30-19-41(20-34(30)27-8-4-5-9-28(27)40-33(34)45)32(44)29-15-14-26-7-3-2-6-25(18-42(26)29)39-31(43)22-11-10-21-12-13-24(17-23(21)16-22)35(36,37)49(46,47)48/h4-5,8-13,16-17,25-26,29-30H,2-3,6-7,14-15,18-20H2,(H,39,43)(H,40,45)(H2,46,47,48)/t25-,26-,29-,30+,34+/m0/s1. The highest BCUT2D eigenvalue weighted by Gasteiger charge is 2.63. The highest BCUT2D eigenvalue weighted by molar-refractivity contribution is 7.52. The summed E-state index contributed by atoms with van der Waals surface area (Å²) in [4.78, 5) is 67.1. The largest absolute Gasteiger partial charge is 0.399 e. The summed E-state index contributed by atoms with van der Waals surface area (Å²) in [6, 6.07) is 13.9. The number of carbonyl (C=O) groups excluding carboxylic acids is 3. The molecule has 0 aromatic heterocycles. The van der Waals surface area contributed by atoms with Gasteiger partial charge in [0.15, 0.2) is 5.41 Å². The minimum atomic E-state index is -5.76. The van der Waals surface area contributed by atoms with Crippen LogP contribution in [0.15, 0.2) is 60.7 Å². The number of para-hydroxylation sites is 1. The second kappa shape index (κ2) is 12.3. The van der Waals surface area contributed by atoms with E-state index in [2.05, 4.69) is 20.4 Å². The Bertz CT molecular complexity index is 1950. The molecule has 7 rings (SSSR count). The van der Waals surface area contributed by atoms with Gasteiger partial charge in [0.25, 0.3) is 11.9 Å². The molecule has 4 heterocycles. The van der Waals surface area contributed by atoms with E-state index in [1.165, 1.54) is 12.1 Å². The van der Waals surface area contributed by atoms with Crippen LogP contribution in [0.1, 0.15) is 60.0 Å². The average molecular weight is 692 g/mol. The van der Waals surface area contributed by atoms with Crippen LogP contribution in [0.2, 0.25) is 0 Å². The normalized spacial score (nSPS) is 27.2. The molecule has 14 heteroatoms. The minimum absolute atomic E-state index is 0.117. The molecule has 3 aromatic rings. The van der Waals surface area contributed by atoms with E-state index in [-0.39, 0.29) is 47.9 Å². The van der Waals surface area contributed by atoms with Crippen LogP contribution in [-0.4, -0.2) is 81.1 Å². The Morgan fingerprint density at radius 1 is 1.00 bits per heavy atom. The van der Waals surface area contributed by atoms with E-state index in [1.807, 2.05) is 24.3 Å². The summed E-state index contributed by atoms with van der Waals surface area (Å²) < 4.78 is 40.2. The molecule has 0 aliphatic carbocycles. The first-order valence-electron chi connectivity index (χ1n) is 16.4. The van der Waals surface area contributed by atoms with Crippen molar-refractivity contribution in [3.8, 4) is 0 Å². The zero-order valence-corrected chi connectivity index (χ0v) is 27.4. The van der Waals surface area contributed by atoms with Gasteiger partial charge in [-0.3, -0.25) is 23.8 Å². The van der Waals surface area contributed by atoms with Crippen molar-refractivity contribution in [3.05, 3.63) is 88.8 Å². The number of benzene rings is 3. The van der Waals surface area contributed by atoms with Crippen LogP contribution in [0.3, 0.4) is 0 Å². The van der Waals surface area contributed by atoms with Crippen molar-refractivity contribution in [2.75, 3.05) is 25.0 Å². The number of anilines is 1. The van der Waals surface area contributed by atoms with Crippen LogP contribution in [0.5, 0.6) is 0 Å². The van der Waals surface area contributed by atoms with Crippen molar-refractivity contribution < 1.29 is 37.5 Å². The van der Waals surface area contributed by atoms with E-state index < -0.39 is 42.2 Å². The minimum Gasteiger partial charge on any atom is -0.348 e. The third kappa shape index (κ3) is 5.61. The molecule has 3 fully saturated rings. The second-order valence-corrected chi connectivity index (χ2v) is 15.2. The maximum Gasteiger partial charge on any atom is 0.399 e. The van der Waals surface area contributed by atoms with Gasteiger partial charge in [-0.2, -0.15) is 8.78 Å². The van der Waals surface area contributed by atoms with Gasteiger partial charge in [-0.25, -0.2) is 6.57 Å². The van der Waals surface area contributed by atoms with Crippen LogP contribution in [0.4, 0.5) is 14.5 Å². The number of fused-ring (bicyclic) bond motifs is 4. The van der Waals surface area contributed by atoms with Gasteiger partial charge in [0.05, 0.1) is 12.6 Å². The van der Waals surface area contributed by atoms with Gasteiger partial charge in [0.1, 0.15) is 0 Å². The summed E-state index contributed by atoms with van der Waals surface area (Å²) >= 11 is 0. The van der Waals surface area contributed by atoms with E-state index in [9.17, 15) is 37.5 Å². The van der Waals surface area contributed by atoms with E-state index in [0.29, 0.717) is 30.5 Å². The average Bonchev–Trinajstić information content (AvgIpc) is 3.74. The van der Waals surface area contributed by atoms with Gasteiger partial charge in [0.2, 0.25) is 11.8 Å². The van der Waals surface area contributed by atoms with Crippen LogP contribution < -0.4 is 10.6 Å². The van der Waals surface area contributed by atoms with E-state index in [1.54, 1.807) is 17.0 Å². The molecule has 3 aromatic carbocycles. The Morgan fingerprint density at radius 3 is 2.53 bits per heavy atom. The fourth-order valence-corrected chi connectivity index (χ4v) is 8.70. The summed E-state index contributed by atoms with van der Waals surface area (Å²) in [7, 11) is -5.76. The number of hydrogen-bond donors (Lipinski definition) is 4. The summed E-state index contributed by atoms with van der Waals surface area (Å²) in [6.45, 7) is 8.63. The van der Waals surface area contributed by atoms with Crippen LogP contribution in [0, 0.1) is 6.57 Å². The zero-order valence-electron chi connectivity index (χ0n) is 26.5. The summed E-state index contributed by atoms with van der Waals surface area (Å²) in [5.41, 5.74) is -4.71. The summed E-state index contributed by atoms with van der Waals surface area (Å²) in [6.07, 6.45) is 4.84. The number of carbonyl (C=O) groups is 3. The number of likely N-dealkylation sites (tertiary alicyclic amines) is 1. The lowest BCUT2D eigenvalue weighted by atomic mass is 9.77. The Labute approximate surface area is 281 Å². The Morgan fingerprint density at radius 2 is 1.76 bits per heavy atom. The van der Waals surface area contributed by atoms with Crippen LogP contribution >= 0.6 is 7.60 Å². The number of amides is 3. The monoisotopic (exact) mass is 691 g/mol. The highest BCUT2D eigenvalue weighted by Crippen LogP contribution is 2.59. The van der Waals surface area contributed by atoms with E-state index in [4.69, 9.17) is 6.57 Å². The van der Waals surface area contributed by atoms with Gasteiger partial charge >= 0.3 is 13.3 Å². The Kier molecular flexibility index (Phi) is 8.35. The molecule has 0 radical (unpaired) electrons. The number of nitrogens with one attached hydrogen (secondary N) is 2. The van der Waals surface area contributed by atoms with Gasteiger partial charge < -0.3 is 30.2 Å². The molecule has 4 N–H and O–H groups in total. The number of nitrogens with zero attached hydrogens (tertiary/aromatic N) is 3. The van der Waals surface area contributed by atoms with Crippen molar-refractivity contribution >= 4 is 41.8 Å². The smallest absolute Gasteiger partial charge is 0.348 e. The lowest BCUT2D eigenvalue weighted by Crippen LogP contribution is -2.53. The quantitative estimate of drug-likeness (QED) is 0.226. The van der Waals surface area contributed by atoms with Crippen molar-refractivity contribution in [1.82, 2.24) is 15.1 Å². The van der Waals surface area contributed by atoms with Crippen molar-refractivity contribution in [1.29, 1.82) is 0 Å². The van der Waals surface area contributed by atoms with Crippen molar-refractivity contribution in [2.24, 2.45) is 0 Å². The first-order chi connectivity index (χ1) is 23.3. The molecule has 3 amide bonds. The maximum atomic E-state index is 14.4. The first kappa shape index (κ1) is 33.3. The predicted molar refractivity (Wildman–Crippen MR) is 177 cm³/mol. The van der Waals surface area contributed by atoms with Gasteiger partial charge in [-0.05, 0) is 60.7 Å². The molecule has 5 atom stereocenters. The summed E-state index contributed by atoms with van der Waals surface area (Å²) in [5.74, 6) is -0.803. The molecule has 0 bridgehead atoms. The van der Waals surface area contributed by atoms with Gasteiger partial charge in [0, 0.05) is 47.6 Å². The number of halogens is 2. The third-order valence-corrected chi connectivity index (χ3v) is 11.8. The molecule has 1 spiro atoms. The van der Waals surface area contributed by atoms with Crippen molar-refractivity contribution in [3.63, 3.8) is 0 Å². The zero-order chi connectivity index (χ0) is 34.7. The highest BCUT2D eigenvalue weighted by atomic mass is 31.2. The van der Waals surface area contributed by atoms with Crippen LogP contribution in [0.25, 0.3) is 15.6 Å². The van der Waals surface area contributed by atoms with Crippen molar-refractivity contribution in [2.45, 2.75) is 73.8 Å². The second-order valence-electron chi connectivity index (χ2n) is 13.6. The van der Waals surface area contributed by atoms with E-state index in [0.717, 1.165) is 43.4 Å². The van der Waals surface area contributed by atoms with Gasteiger partial charge in [-0.1, -0.05) is 49.2 Å². The molecule has 4 aliphatic rings. The number of rotatable bonds is 5. The Hall–Kier alpha value is -4.21. The molecule has 0 saturated carbocycles. The molecule has 256 valence electrons. The topological polar surface area (TPSA) is 144 Å². The van der Waals surface area contributed by atoms with Crippen LogP contribution in [-0.2, 0) is 25.2 Å². The fraction of sp³-hybridized carbons (Fsp3) is 0.429. The molecule has 11 nitrogen and oxygen atoms in total. The predicted octanol–water partition coefficient (Wildman–Crippen LogP) is 4.59. The Balaban J connectivity index is 1.09. The lowest BCUT2D eigenvalue weighted by Gasteiger charge is -2.36.